The van der Waals surface area contributed by atoms with Gasteiger partial charge in [0.25, 0.3) is 0 Å². The number of imidazole rings is 1. The normalized spacial score (nSPS) is 10.3. The van der Waals surface area contributed by atoms with Gasteiger partial charge >= 0.3 is 0 Å². The maximum atomic E-state index is 5.54. The van der Waals surface area contributed by atoms with Crippen molar-refractivity contribution in [3.05, 3.63) is 41.2 Å². The number of hydrogen-bond donors (Lipinski definition) is 0. The van der Waals surface area contributed by atoms with Crippen LogP contribution in [0.1, 0.15) is 5.69 Å². The lowest BCUT2D eigenvalue weighted by molar-refractivity contribution is 0.295. The van der Waals surface area contributed by atoms with E-state index in [2.05, 4.69) is 25.9 Å². The van der Waals surface area contributed by atoms with E-state index < -0.39 is 0 Å². The highest BCUT2D eigenvalue weighted by Gasteiger charge is 2.03. The molecule has 0 bridgehead atoms. The zero-order valence-electron chi connectivity index (χ0n) is 8.22. The predicted octanol–water partition coefficient (Wildman–Crippen LogP) is 2.16. The van der Waals surface area contributed by atoms with Gasteiger partial charge in [0.05, 0.1) is 18.1 Å². The van der Waals surface area contributed by atoms with Crippen LogP contribution in [0.25, 0.3) is 0 Å². The topological polar surface area (TPSA) is 39.9 Å². The van der Waals surface area contributed by atoms with Crippen molar-refractivity contribution in [2.45, 2.75) is 6.61 Å². The summed E-state index contributed by atoms with van der Waals surface area (Å²) in [7, 11) is 1.93. The first-order valence-electron chi connectivity index (χ1n) is 4.46. The SMILES string of the molecule is Cn1c(COc2cccnc2)cnc1Br. The Kier molecular flexibility index (Phi) is 3.01. The van der Waals surface area contributed by atoms with Crippen molar-refractivity contribution in [2.75, 3.05) is 0 Å². The van der Waals surface area contributed by atoms with Gasteiger partial charge in [-0.1, -0.05) is 0 Å². The molecule has 0 aliphatic rings. The monoisotopic (exact) mass is 267 g/mol. The zero-order valence-corrected chi connectivity index (χ0v) is 9.81. The number of pyridine rings is 1. The predicted molar refractivity (Wildman–Crippen MR) is 59.5 cm³/mol. The van der Waals surface area contributed by atoms with Gasteiger partial charge in [-0.05, 0) is 28.1 Å². The first-order chi connectivity index (χ1) is 7.27. The minimum Gasteiger partial charge on any atom is -0.486 e. The molecular formula is C10H10BrN3O. The van der Waals surface area contributed by atoms with Gasteiger partial charge in [-0.15, -0.1) is 0 Å². The van der Waals surface area contributed by atoms with Gasteiger partial charge in [0, 0.05) is 13.2 Å². The molecule has 0 radical (unpaired) electrons. The molecule has 0 saturated heterocycles. The highest BCUT2D eigenvalue weighted by Crippen LogP contribution is 2.13. The first-order valence-corrected chi connectivity index (χ1v) is 5.25. The molecule has 0 aliphatic carbocycles. The Morgan fingerprint density at radius 3 is 2.93 bits per heavy atom. The molecule has 0 N–H and O–H groups in total. The third-order valence-electron chi connectivity index (χ3n) is 2.05. The van der Waals surface area contributed by atoms with Crippen LogP contribution in [-0.2, 0) is 13.7 Å². The van der Waals surface area contributed by atoms with E-state index in [0.717, 1.165) is 16.2 Å². The van der Waals surface area contributed by atoms with Crippen LogP contribution in [0.3, 0.4) is 0 Å². The van der Waals surface area contributed by atoms with Gasteiger partial charge < -0.3 is 9.30 Å². The van der Waals surface area contributed by atoms with E-state index in [1.54, 1.807) is 18.6 Å². The van der Waals surface area contributed by atoms with Crippen molar-refractivity contribution in [2.24, 2.45) is 7.05 Å². The Balaban J connectivity index is 2.02. The fourth-order valence-corrected chi connectivity index (χ4v) is 1.47. The summed E-state index contributed by atoms with van der Waals surface area (Å²) in [6, 6.07) is 3.72. The van der Waals surface area contributed by atoms with Gasteiger partial charge in [0.1, 0.15) is 12.4 Å². The smallest absolute Gasteiger partial charge is 0.177 e. The Hall–Kier alpha value is -1.36. The molecule has 0 atom stereocenters. The number of nitrogens with zero attached hydrogens (tertiary/aromatic N) is 3. The number of aromatic nitrogens is 3. The third-order valence-corrected chi connectivity index (χ3v) is 2.79. The molecule has 0 aromatic carbocycles. The third kappa shape index (κ3) is 2.36. The van der Waals surface area contributed by atoms with E-state index >= 15 is 0 Å². The van der Waals surface area contributed by atoms with Crippen LogP contribution < -0.4 is 4.74 Å². The minimum absolute atomic E-state index is 0.487. The molecule has 0 spiro atoms. The van der Waals surface area contributed by atoms with Crippen LogP contribution in [0.5, 0.6) is 5.75 Å². The van der Waals surface area contributed by atoms with Crippen molar-refractivity contribution in [3.63, 3.8) is 0 Å². The first kappa shape index (κ1) is 10.2. The van der Waals surface area contributed by atoms with Crippen molar-refractivity contribution >= 4 is 15.9 Å². The fraction of sp³-hybridized carbons (Fsp3) is 0.200. The highest BCUT2D eigenvalue weighted by atomic mass is 79.9. The van der Waals surface area contributed by atoms with Crippen molar-refractivity contribution in [3.8, 4) is 5.75 Å². The van der Waals surface area contributed by atoms with E-state index in [4.69, 9.17) is 4.74 Å². The molecule has 0 fully saturated rings. The summed E-state index contributed by atoms with van der Waals surface area (Å²) in [5.41, 5.74) is 1.01. The van der Waals surface area contributed by atoms with Crippen LogP contribution in [-0.4, -0.2) is 14.5 Å². The molecule has 5 heteroatoms. The molecule has 78 valence electrons. The molecule has 0 saturated carbocycles. The number of ether oxygens (including phenoxy) is 1. The van der Waals surface area contributed by atoms with E-state index in [9.17, 15) is 0 Å². The fourth-order valence-electron chi connectivity index (χ4n) is 1.14. The standard InChI is InChI=1S/C10H10BrN3O/c1-14-8(5-13-10(14)11)7-15-9-3-2-4-12-6-9/h2-6H,7H2,1H3. The zero-order chi connectivity index (χ0) is 10.7. The molecule has 0 aliphatic heterocycles. The van der Waals surface area contributed by atoms with Gasteiger partial charge in [-0.3, -0.25) is 4.98 Å². The molecule has 0 unspecified atom stereocenters. The Bertz CT molecular complexity index is 441. The second kappa shape index (κ2) is 4.44. The summed E-state index contributed by atoms with van der Waals surface area (Å²) in [4.78, 5) is 8.08. The van der Waals surface area contributed by atoms with Crippen molar-refractivity contribution in [1.82, 2.24) is 14.5 Å². The molecule has 2 aromatic rings. The summed E-state index contributed by atoms with van der Waals surface area (Å²) in [5.74, 6) is 0.759. The summed E-state index contributed by atoms with van der Waals surface area (Å²) in [6.07, 6.45) is 5.18. The number of halogens is 1. The quantitative estimate of drug-likeness (QED) is 0.856. The largest absolute Gasteiger partial charge is 0.486 e. The maximum Gasteiger partial charge on any atom is 0.177 e. The lowest BCUT2D eigenvalue weighted by atomic mass is 10.4. The van der Waals surface area contributed by atoms with Crippen LogP contribution in [0, 0.1) is 0 Å². The lowest BCUT2D eigenvalue weighted by Gasteiger charge is -2.05. The molecule has 2 aromatic heterocycles. The van der Waals surface area contributed by atoms with Crippen molar-refractivity contribution < 1.29 is 4.74 Å². The Labute approximate surface area is 96.1 Å². The van der Waals surface area contributed by atoms with Crippen LogP contribution >= 0.6 is 15.9 Å². The lowest BCUT2D eigenvalue weighted by Crippen LogP contribution is -2.02. The summed E-state index contributed by atoms with van der Waals surface area (Å²) < 4.78 is 8.27. The second-order valence-corrected chi connectivity index (χ2v) is 3.76. The average Bonchev–Trinajstić information content (AvgIpc) is 2.59. The molecule has 4 nitrogen and oxygen atoms in total. The van der Waals surface area contributed by atoms with Crippen LogP contribution in [0.4, 0.5) is 0 Å². The number of rotatable bonds is 3. The summed E-state index contributed by atoms with van der Waals surface area (Å²) >= 11 is 3.33. The van der Waals surface area contributed by atoms with E-state index in [-0.39, 0.29) is 0 Å². The number of hydrogen-bond acceptors (Lipinski definition) is 3. The van der Waals surface area contributed by atoms with Crippen molar-refractivity contribution in [1.29, 1.82) is 0 Å². The van der Waals surface area contributed by atoms with E-state index in [1.165, 1.54) is 0 Å². The second-order valence-electron chi connectivity index (χ2n) is 3.05. The molecule has 0 amide bonds. The highest BCUT2D eigenvalue weighted by molar-refractivity contribution is 9.10. The maximum absolute atomic E-state index is 5.54. The van der Waals surface area contributed by atoms with Gasteiger partial charge in [0.2, 0.25) is 0 Å². The Morgan fingerprint density at radius 2 is 2.33 bits per heavy atom. The Morgan fingerprint density at radius 1 is 1.47 bits per heavy atom. The molecular weight excluding hydrogens is 258 g/mol. The van der Waals surface area contributed by atoms with Crippen LogP contribution in [0.2, 0.25) is 0 Å². The van der Waals surface area contributed by atoms with Gasteiger partial charge in [-0.25, -0.2) is 4.98 Å². The summed E-state index contributed by atoms with van der Waals surface area (Å²) in [5, 5.41) is 0. The van der Waals surface area contributed by atoms with Gasteiger partial charge in [0.15, 0.2) is 4.73 Å². The van der Waals surface area contributed by atoms with Gasteiger partial charge in [-0.2, -0.15) is 0 Å². The van der Waals surface area contributed by atoms with E-state index in [1.807, 2.05) is 23.7 Å². The molecule has 2 heterocycles. The minimum atomic E-state index is 0.487. The molecule has 2 rings (SSSR count). The summed E-state index contributed by atoms with van der Waals surface area (Å²) in [6.45, 7) is 0.487. The average molecular weight is 268 g/mol. The van der Waals surface area contributed by atoms with Crippen LogP contribution in [0.15, 0.2) is 35.5 Å². The molecule has 15 heavy (non-hydrogen) atoms. The van der Waals surface area contributed by atoms with E-state index in [0.29, 0.717) is 6.61 Å².